The zero-order valence-electron chi connectivity index (χ0n) is 15.3. The minimum atomic E-state index is -0.0370. The van der Waals surface area contributed by atoms with Crippen LogP contribution in [0.5, 0.6) is 0 Å². The van der Waals surface area contributed by atoms with Crippen LogP contribution in [0.15, 0.2) is 28.7 Å². The van der Waals surface area contributed by atoms with E-state index in [9.17, 15) is 4.79 Å². The zero-order valence-corrected chi connectivity index (χ0v) is 16.9. The summed E-state index contributed by atoms with van der Waals surface area (Å²) in [4.78, 5) is 16.7. The molecule has 1 N–H and O–H groups in total. The molecule has 2 amide bonds. The highest BCUT2D eigenvalue weighted by Gasteiger charge is 2.31. The summed E-state index contributed by atoms with van der Waals surface area (Å²) < 4.78 is 12.1. The van der Waals surface area contributed by atoms with Gasteiger partial charge in [0.15, 0.2) is 0 Å². The molecule has 0 radical (unpaired) electrons. The van der Waals surface area contributed by atoms with Crippen molar-refractivity contribution in [2.75, 3.05) is 53.1 Å². The molecule has 1 aromatic carbocycles. The first-order chi connectivity index (χ1) is 12.6. The van der Waals surface area contributed by atoms with Gasteiger partial charge in [-0.05, 0) is 24.1 Å². The summed E-state index contributed by atoms with van der Waals surface area (Å²) in [6.45, 7) is 6.22. The molecule has 2 unspecified atom stereocenters. The molecule has 0 spiro atoms. The molecule has 2 fully saturated rings. The number of rotatable bonds is 6. The Morgan fingerprint density at radius 1 is 1.27 bits per heavy atom. The average molecular weight is 426 g/mol. The van der Waals surface area contributed by atoms with Crippen molar-refractivity contribution in [2.45, 2.75) is 19.0 Å². The number of urea groups is 1. The van der Waals surface area contributed by atoms with E-state index < -0.39 is 0 Å². The minimum absolute atomic E-state index is 0.0370. The Labute approximate surface area is 163 Å². The molecule has 0 aliphatic carbocycles. The summed E-state index contributed by atoms with van der Waals surface area (Å²) in [6.07, 6.45) is 1.06. The smallest absolute Gasteiger partial charge is 0.317 e. The van der Waals surface area contributed by atoms with Crippen LogP contribution in [0.1, 0.15) is 12.0 Å². The minimum Gasteiger partial charge on any atom is -0.381 e. The maximum Gasteiger partial charge on any atom is 0.317 e. The fraction of sp³-hybridized carbons (Fsp3) is 0.632. The van der Waals surface area contributed by atoms with Gasteiger partial charge >= 0.3 is 6.03 Å². The molecule has 0 saturated carbocycles. The quantitative estimate of drug-likeness (QED) is 0.759. The fourth-order valence-electron chi connectivity index (χ4n) is 3.62. The Hall–Kier alpha value is -1.15. The predicted molar refractivity (Wildman–Crippen MR) is 104 cm³/mol. The fourth-order valence-corrected chi connectivity index (χ4v) is 3.89. The van der Waals surface area contributed by atoms with Crippen LogP contribution in [-0.4, -0.2) is 75.0 Å². The first-order valence-corrected chi connectivity index (χ1v) is 10.1. The second kappa shape index (κ2) is 9.69. The molecular formula is C19H28BrN3O3. The van der Waals surface area contributed by atoms with Crippen molar-refractivity contribution in [2.24, 2.45) is 5.92 Å². The molecule has 144 valence electrons. The number of carbonyl (C=O) groups excluding carboxylic acids is 1. The van der Waals surface area contributed by atoms with E-state index in [1.807, 2.05) is 31.3 Å². The molecule has 26 heavy (non-hydrogen) atoms. The van der Waals surface area contributed by atoms with Gasteiger partial charge in [0, 0.05) is 56.3 Å². The van der Waals surface area contributed by atoms with Crippen LogP contribution >= 0.6 is 15.9 Å². The van der Waals surface area contributed by atoms with Crippen molar-refractivity contribution in [1.29, 1.82) is 0 Å². The van der Waals surface area contributed by atoms with E-state index in [2.05, 4.69) is 26.1 Å². The Morgan fingerprint density at radius 3 is 2.65 bits per heavy atom. The lowest BCUT2D eigenvalue weighted by Gasteiger charge is -2.37. The maximum atomic E-state index is 12.5. The zero-order chi connectivity index (χ0) is 18.4. The van der Waals surface area contributed by atoms with Crippen LogP contribution in [0, 0.1) is 5.92 Å². The molecule has 2 aliphatic heterocycles. The number of nitrogens with one attached hydrogen (secondary N) is 1. The normalized spacial score (nSPS) is 22.2. The summed E-state index contributed by atoms with van der Waals surface area (Å²) in [6, 6.07) is 8.32. The van der Waals surface area contributed by atoms with Gasteiger partial charge in [-0.1, -0.05) is 28.1 Å². The molecule has 2 aliphatic rings. The first kappa shape index (κ1) is 19.6. The third-order valence-corrected chi connectivity index (χ3v) is 5.69. The number of halogens is 1. The van der Waals surface area contributed by atoms with E-state index in [0.29, 0.717) is 25.0 Å². The largest absolute Gasteiger partial charge is 0.381 e. The molecule has 2 saturated heterocycles. The van der Waals surface area contributed by atoms with Gasteiger partial charge < -0.3 is 19.7 Å². The Kier molecular flexibility index (Phi) is 7.31. The van der Waals surface area contributed by atoms with Crippen molar-refractivity contribution >= 4 is 22.0 Å². The molecule has 0 aromatic heterocycles. The number of morpholine rings is 1. The summed E-state index contributed by atoms with van der Waals surface area (Å²) >= 11 is 3.43. The molecule has 7 heteroatoms. The number of nitrogens with zero attached hydrogens (tertiary/aromatic N) is 2. The molecular weight excluding hydrogens is 398 g/mol. The summed E-state index contributed by atoms with van der Waals surface area (Å²) in [5.41, 5.74) is 1.11. The summed E-state index contributed by atoms with van der Waals surface area (Å²) in [5, 5.41) is 3.13. The average Bonchev–Trinajstić information content (AvgIpc) is 3.19. The van der Waals surface area contributed by atoms with Gasteiger partial charge in [-0.15, -0.1) is 0 Å². The van der Waals surface area contributed by atoms with Crippen LogP contribution in [0.25, 0.3) is 0 Å². The highest BCUT2D eigenvalue weighted by molar-refractivity contribution is 9.10. The second-order valence-electron chi connectivity index (χ2n) is 7.01. The summed E-state index contributed by atoms with van der Waals surface area (Å²) in [7, 11) is 1.83. The van der Waals surface area contributed by atoms with Gasteiger partial charge in [0.2, 0.25) is 0 Å². The van der Waals surface area contributed by atoms with E-state index in [4.69, 9.17) is 9.47 Å². The third-order valence-electron chi connectivity index (χ3n) is 5.17. The maximum absolute atomic E-state index is 12.5. The Bertz CT molecular complexity index is 572. The van der Waals surface area contributed by atoms with Gasteiger partial charge in [0.25, 0.3) is 0 Å². The van der Waals surface area contributed by atoms with Crippen LogP contribution in [0.2, 0.25) is 0 Å². The molecule has 2 atom stereocenters. The molecule has 6 nitrogen and oxygen atoms in total. The van der Waals surface area contributed by atoms with E-state index in [0.717, 1.165) is 56.0 Å². The summed E-state index contributed by atoms with van der Waals surface area (Å²) in [5.74, 6) is 0.477. The van der Waals surface area contributed by atoms with Gasteiger partial charge in [-0.25, -0.2) is 4.79 Å². The number of hydrogen-bond donors (Lipinski definition) is 1. The monoisotopic (exact) mass is 425 g/mol. The van der Waals surface area contributed by atoms with Crippen LogP contribution in [-0.2, 0) is 16.0 Å². The molecule has 3 rings (SSSR count). The van der Waals surface area contributed by atoms with E-state index >= 15 is 0 Å². The van der Waals surface area contributed by atoms with Crippen LogP contribution in [0.3, 0.4) is 0 Å². The third kappa shape index (κ3) is 5.42. The van der Waals surface area contributed by atoms with Crippen molar-refractivity contribution in [1.82, 2.24) is 15.1 Å². The topological polar surface area (TPSA) is 54.0 Å². The SMILES string of the molecule is CN(Cc1ccc(Br)cc1)C(=O)NCC(C1CCOC1)N1CCOCC1. The Balaban J connectivity index is 1.53. The van der Waals surface area contributed by atoms with E-state index in [1.54, 1.807) is 4.90 Å². The standard InChI is InChI=1S/C19H28BrN3O3/c1-22(13-15-2-4-17(20)5-3-15)19(24)21-12-18(16-6-9-26-14-16)23-7-10-25-11-8-23/h2-5,16,18H,6-14H2,1H3,(H,21,24). The van der Waals surface area contributed by atoms with Crippen molar-refractivity contribution in [3.63, 3.8) is 0 Å². The van der Waals surface area contributed by atoms with Crippen molar-refractivity contribution in [3.8, 4) is 0 Å². The number of hydrogen-bond acceptors (Lipinski definition) is 4. The lowest BCUT2D eigenvalue weighted by atomic mass is 9.97. The number of amides is 2. The van der Waals surface area contributed by atoms with Crippen molar-refractivity contribution < 1.29 is 14.3 Å². The number of carbonyl (C=O) groups is 1. The second-order valence-corrected chi connectivity index (χ2v) is 7.92. The first-order valence-electron chi connectivity index (χ1n) is 9.26. The highest BCUT2D eigenvalue weighted by Crippen LogP contribution is 2.22. The van der Waals surface area contributed by atoms with Gasteiger partial charge in [0.1, 0.15) is 0 Å². The number of ether oxygens (including phenoxy) is 2. The van der Waals surface area contributed by atoms with Gasteiger partial charge in [0.05, 0.1) is 19.8 Å². The number of benzene rings is 1. The van der Waals surface area contributed by atoms with Crippen LogP contribution in [0.4, 0.5) is 4.79 Å². The molecule has 2 heterocycles. The van der Waals surface area contributed by atoms with Gasteiger partial charge in [-0.2, -0.15) is 0 Å². The lowest BCUT2D eigenvalue weighted by Crippen LogP contribution is -2.53. The highest BCUT2D eigenvalue weighted by atomic mass is 79.9. The molecule has 1 aromatic rings. The van der Waals surface area contributed by atoms with Gasteiger partial charge in [-0.3, -0.25) is 4.90 Å². The Morgan fingerprint density at radius 2 is 2.00 bits per heavy atom. The molecule has 0 bridgehead atoms. The predicted octanol–water partition coefficient (Wildman–Crippen LogP) is 2.33. The van der Waals surface area contributed by atoms with Crippen molar-refractivity contribution in [3.05, 3.63) is 34.3 Å². The lowest BCUT2D eigenvalue weighted by molar-refractivity contribution is 0.00190. The van der Waals surface area contributed by atoms with E-state index in [1.165, 1.54) is 0 Å². The van der Waals surface area contributed by atoms with Crippen LogP contribution < -0.4 is 5.32 Å². The van der Waals surface area contributed by atoms with E-state index in [-0.39, 0.29) is 6.03 Å².